The number of benzene rings is 1. The zero-order valence-electron chi connectivity index (χ0n) is 8.71. The molecule has 0 spiro atoms. The Morgan fingerprint density at radius 2 is 1.94 bits per heavy atom. The first-order valence-electron chi connectivity index (χ1n) is 4.26. The normalized spacial score (nSPS) is 9.83. The fraction of sp³-hybridized carbons (Fsp3) is 0.143. The van der Waals surface area contributed by atoms with Gasteiger partial charge >= 0.3 is 33.8 Å². The van der Waals surface area contributed by atoms with E-state index in [-0.39, 0.29) is 33.4 Å². The van der Waals surface area contributed by atoms with Gasteiger partial charge in [-0.05, 0) is 0 Å². The largest absolute Gasteiger partial charge is 1.00 e. The predicted molar refractivity (Wildman–Crippen MR) is 53.7 cm³/mol. The Hall–Kier alpha value is -2.04. The molecule has 0 bridgehead atoms. The number of hydrogen-bond acceptors (Lipinski definition) is 7. The van der Waals surface area contributed by atoms with E-state index in [1.165, 1.54) is 0 Å². The summed E-state index contributed by atoms with van der Waals surface area (Å²) >= 11 is 0. The first-order valence-corrected chi connectivity index (χ1v) is 4.26. The molecule has 0 radical (unpaired) electrons. The number of nitro groups is 2. The maximum absolute atomic E-state index is 10.9. The molecule has 10 nitrogen and oxygen atoms in total. The van der Waals surface area contributed by atoms with Crippen LogP contribution in [0.3, 0.4) is 0 Å². The summed E-state index contributed by atoms with van der Waals surface area (Å²) in [6, 6.07) is 1.06. The molecule has 0 unspecified atom stereocenters. The number of ether oxygens (including phenoxy) is 1. The van der Waals surface area contributed by atoms with Crippen molar-refractivity contribution in [2.24, 2.45) is 0 Å². The molecule has 0 aliphatic carbocycles. The van der Waals surface area contributed by atoms with E-state index in [1.807, 2.05) is 0 Å². The number of aromatic amines is 1. The molecule has 1 aromatic heterocycles. The molecule has 2 aromatic rings. The Morgan fingerprint density at radius 1 is 1.28 bits per heavy atom. The van der Waals surface area contributed by atoms with Gasteiger partial charge in [-0.2, -0.15) is 10.3 Å². The van der Waals surface area contributed by atoms with E-state index in [1.54, 1.807) is 0 Å². The van der Waals surface area contributed by atoms with Crippen molar-refractivity contribution >= 4 is 22.4 Å². The second-order valence-corrected chi connectivity index (χ2v) is 2.98. The molecule has 98 valence electrons. The van der Waals surface area contributed by atoms with Crippen molar-refractivity contribution in [1.82, 2.24) is 15.4 Å². The topological polar surface area (TPSA) is 137 Å². The molecule has 0 amide bonds. The average molecular weight is 347 g/mol. The number of nitro benzene ring substituents is 2. The van der Waals surface area contributed by atoms with Gasteiger partial charge in [0.2, 0.25) is 0 Å². The predicted octanol–water partition coefficient (Wildman–Crippen LogP) is 0.780. The molecule has 0 aliphatic rings. The number of methoxy groups -OCH3 is 1. The van der Waals surface area contributed by atoms with Gasteiger partial charge in [-0.1, -0.05) is 0 Å². The summed E-state index contributed by atoms with van der Waals surface area (Å²) in [5.41, 5.74) is -1.16. The number of nitrogens with one attached hydrogen (secondary N) is 1. The molecule has 2 rings (SSSR count). The third-order valence-corrected chi connectivity index (χ3v) is 2.10. The van der Waals surface area contributed by atoms with Crippen molar-refractivity contribution in [3.05, 3.63) is 26.3 Å². The summed E-state index contributed by atoms with van der Waals surface area (Å²) in [5.74, 6) is -0.443. The fourth-order valence-electron chi connectivity index (χ4n) is 1.44. The minimum atomic E-state index is -0.795. The molecule has 1 N–H and O–H groups in total. The van der Waals surface area contributed by atoms with Gasteiger partial charge in [0, 0.05) is 0 Å². The van der Waals surface area contributed by atoms with Gasteiger partial charge in [0.05, 0.1) is 23.0 Å². The first-order chi connectivity index (χ1) is 8.06. The Bertz CT molecular complexity index is 626. The SMILES string of the molecule is COc1c([N+](=O)[O-])cc2n[nH]nc2c1[N+](=O)[O-].[Ag+]. The average Bonchev–Trinajstić information content (AvgIpc) is 2.73. The Morgan fingerprint density at radius 3 is 2.44 bits per heavy atom. The summed E-state index contributed by atoms with van der Waals surface area (Å²) in [6.07, 6.45) is 0. The molecular weight excluding hydrogens is 342 g/mol. The quantitative estimate of drug-likeness (QED) is 0.492. The van der Waals surface area contributed by atoms with E-state index in [0.717, 1.165) is 13.2 Å². The van der Waals surface area contributed by atoms with Crippen LogP contribution in [-0.4, -0.2) is 32.4 Å². The monoisotopic (exact) mass is 346 g/mol. The van der Waals surface area contributed by atoms with Crippen LogP contribution in [0.1, 0.15) is 0 Å². The van der Waals surface area contributed by atoms with Crippen LogP contribution >= 0.6 is 0 Å². The van der Waals surface area contributed by atoms with Gasteiger partial charge in [-0.3, -0.25) is 20.2 Å². The Labute approximate surface area is 114 Å². The smallest absolute Gasteiger partial charge is 0.485 e. The van der Waals surface area contributed by atoms with Gasteiger partial charge in [0.25, 0.3) is 5.75 Å². The molecular formula is C7H5AgN5O5+. The number of H-pyrrole nitrogens is 1. The van der Waals surface area contributed by atoms with Crippen molar-refractivity contribution in [2.75, 3.05) is 7.11 Å². The van der Waals surface area contributed by atoms with Crippen LogP contribution in [0.2, 0.25) is 0 Å². The maximum Gasteiger partial charge on any atom is 1.00 e. The van der Waals surface area contributed by atoms with E-state index in [2.05, 4.69) is 15.4 Å². The van der Waals surface area contributed by atoms with E-state index in [9.17, 15) is 20.2 Å². The molecule has 18 heavy (non-hydrogen) atoms. The van der Waals surface area contributed by atoms with E-state index < -0.39 is 27.0 Å². The number of hydrogen-bond donors (Lipinski definition) is 1. The van der Waals surface area contributed by atoms with Gasteiger partial charge in [0.15, 0.2) is 5.52 Å². The van der Waals surface area contributed by atoms with Crippen LogP contribution < -0.4 is 4.74 Å². The van der Waals surface area contributed by atoms with Crippen LogP contribution in [0.15, 0.2) is 6.07 Å². The van der Waals surface area contributed by atoms with E-state index in [4.69, 9.17) is 4.74 Å². The fourth-order valence-corrected chi connectivity index (χ4v) is 1.44. The summed E-state index contributed by atoms with van der Waals surface area (Å²) in [4.78, 5) is 20.1. The van der Waals surface area contributed by atoms with Gasteiger partial charge < -0.3 is 4.74 Å². The molecule has 0 fully saturated rings. The molecule has 0 aliphatic heterocycles. The van der Waals surface area contributed by atoms with Crippen LogP contribution in [-0.2, 0) is 22.4 Å². The minimum Gasteiger partial charge on any atom is -0.485 e. The second kappa shape index (κ2) is 5.08. The summed E-state index contributed by atoms with van der Waals surface area (Å²) in [7, 11) is 1.11. The zero-order valence-corrected chi connectivity index (χ0v) is 10.2. The number of rotatable bonds is 3. The standard InChI is InChI=1S/C7H5N5O5.Ag/c1-17-7-4(11(13)14)2-3-5(9-10-8-3)6(7)12(15)16;/h2H,1H3,(H,8,9,10);/q;+1. The third kappa shape index (κ3) is 2.03. The summed E-state index contributed by atoms with van der Waals surface area (Å²) < 4.78 is 4.71. The van der Waals surface area contributed by atoms with Crippen molar-refractivity contribution in [3.8, 4) is 5.75 Å². The molecule has 0 atom stereocenters. The van der Waals surface area contributed by atoms with Crippen LogP contribution in [0.25, 0.3) is 11.0 Å². The minimum absolute atomic E-state index is 0. The van der Waals surface area contributed by atoms with E-state index in [0.29, 0.717) is 0 Å². The van der Waals surface area contributed by atoms with Gasteiger partial charge in [-0.25, -0.2) is 0 Å². The Kier molecular flexibility index (Phi) is 3.96. The first kappa shape index (κ1) is 14.0. The molecule has 1 heterocycles. The van der Waals surface area contributed by atoms with Crippen LogP contribution in [0.4, 0.5) is 11.4 Å². The van der Waals surface area contributed by atoms with Crippen molar-refractivity contribution < 1.29 is 37.0 Å². The number of aromatic nitrogens is 3. The molecule has 1 aromatic carbocycles. The van der Waals surface area contributed by atoms with Gasteiger partial charge in [-0.15, -0.1) is 5.10 Å². The summed E-state index contributed by atoms with van der Waals surface area (Å²) in [5, 5.41) is 31.0. The second-order valence-electron chi connectivity index (χ2n) is 2.98. The molecule has 0 saturated carbocycles. The van der Waals surface area contributed by atoms with Crippen molar-refractivity contribution in [3.63, 3.8) is 0 Å². The third-order valence-electron chi connectivity index (χ3n) is 2.10. The summed E-state index contributed by atoms with van der Waals surface area (Å²) in [6.45, 7) is 0. The Balaban J connectivity index is 0.00000162. The molecule has 11 heteroatoms. The van der Waals surface area contributed by atoms with Crippen LogP contribution in [0.5, 0.6) is 5.75 Å². The number of nitrogens with zero attached hydrogens (tertiary/aromatic N) is 4. The van der Waals surface area contributed by atoms with Gasteiger partial charge in [0.1, 0.15) is 5.52 Å². The maximum atomic E-state index is 10.9. The van der Waals surface area contributed by atoms with Crippen molar-refractivity contribution in [1.29, 1.82) is 0 Å². The zero-order chi connectivity index (χ0) is 12.6. The molecule has 0 saturated heterocycles. The van der Waals surface area contributed by atoms with Crippen molar-refractivity contribution in [2.45, 2.75) is 0 Å². The number of fused-ring (bicyclic) bond motifs is 1. The van der Waals surface area contributed by atoms with Crippen LogP contribution in [0, 0.1) is 20.2 Å². The van der Waals surface area contributed by atoms with E-state index >= 15 is 0 Å².